The van der Waals surface area contributed by atoms with E-state index in [2.05, 4.69) is 0 Å². The Bertz CT molecular complexity index is 352. The van der Waals surface area contributed by atoms with E-state index in [0.29, 0.717) is 6.42 Å². The van der Waals surface area contributed by atoms with Crippen LogP contribution < -0.4 is 0 Å². The summed E-state index contributed by atoms with van der Waals surface area (Å²) in [6, 6.07) is 5.84. The zero-order chi connectivity index (χ0) is 11.4. The van der Waals surface area contributed by atoms with Gasteiger partial charge in [-0.15, -0.1) is 0 Å². The van der Waals surface area contributed by atoms with Crippen molar-refractivity contribution in [2.24, 2.45) is 5.92 Å². The summed E-state index contributed by atoms with van der Waals surface area (Å²) in [5.74, 6) is -0.202. The van der Waals surface area contributed by atoms with Crippen molar-refractivity contribution in [2.45, 2.75) is 27.2 Å². The smallest absolute Gasteiger partial charge is 0.168 e. The third-order valence-electron chi connectivity index (χ3n) is 2.74. The van der Waals surface area contributed by atoms with E-state index in [-0.39, 0.29) is 18.3 Å². The molecule has 0 amide bonds. The predicted molar refractivity (Wildman–Crippen MR) is 61.1 cm³/mol. The van der Waals surface area contributed by atoms with Crippen molar-refractivity contribution in [2.75, 3.05) is 6.61 Å². The van der Waals surface area contributed by atoms with Crippen LogP contribution in [0.2, 0.25) is 0 Å². The third-order valence-corrected chi connectivity index (χ3v) is 2.74. The molecule has 1 N–H and O–H groups in total. The molecule has 0 aliphatic rings. The van der Waals surface area contributed by atoms with E-state index in [1.807, 2.05) is 39.0 Å². The van der Waals surface area contributed by atoms with E-state index < -0.39 is 0 Å². The van der Waals surface area contributed by atoms with Gasteiger partial charge in [-0.05, 0) is 31.9 Å². The van der Waals surface area contributed by atoms with Crippen LogP contribution in [0.3, 0.4) is 0 Å². The largest absolute Gasteiger partial charge is 0.396 e. The first-order valence-corrected chi connectivity index (χ1v) is 5.32. The topological polar surface area (TPSA) is 37.3 Å². The molecule has 0 aromatic heterocycles. The average Bonchev–Trinajstić information content (AvgIpc) is 2.23. The molecule has 82 valence electrons. The van der Waals surface area contributed by atoms with Gasteiger partial charge in [-0.2, -0.15) is 0 Å². The normalized spacial score (nSPS) is 12.5. The Morgan fingerprint density at radius 3 is 2.60 bits per heavy atom. The molecule has 0 fully saturated rings. The van der Waals surface area contributed by atoms with Crippen LogP contribution in [0.15, 0.2) is 18.2 Å². The summed E-state index contributed by atoms with van der Waals surface area (Å²) in [5, 5.41) is 9.10. The van der Waals surface area contributed by atoms with E-state index in [1.165, 1.54) is 0 Å². The minimum atomic E-state index is -0.259. The summed E-state index contributed by atoms with van der Waals surface area (Å²) in [4.78, 5) is 12.0. The summed E-state index contributed by atoms with van der Waals surface area (Å²) in [6.45, 7) is 5.75. The maximum atomic E-state index is 12.0. The molecule has 1 aromatic carbocycles. The molecule has 0 radical (unpaired) electrons. The lowest BCUT2D eigenvalue weighted by Crippen LogP contribution is -2.18. The first kappa shape index (κ1) is 11.9. The van der Waals surface area contributed by atoms with Crippen LogP contribution in [0, 0.1) is 19.8 Å². The monoisotopic (exact) mass is 206 g/mol. The van der Waals surface area contributed by atoms with Crippen molar-refractivity contribution in [1.29, 1.82) is 0 Å². The predicted octanol–water partition coefficient (Wildman–Crippen LogP) is 2.50. The third kappa shape index (κ3) is 2.66. The van der Waals surface area contributed by atoms with Gasteiger partial charge in [0.2, 0.25) is 0 Å². The summed E-state index contributed by atoms with van der Waals surface area (Å²) in [7, 11) is 0. The number of rotatable bonds is 4. The van der Waals surface area contributed by atoms with Gasteiger partial charge in [-0.1, -0.05) is 24.6 Å². The first-order chi connectivity index (χ1) is 7.10. The van der Waals surface area contributed by atoms with Gasteiger partial charge in [0.15, 0.2) is 5.78 Å². The molecule has 2 nitrogen and oxygen atoms in total. The van der Waals surface area contributed by atoms with Gasteiger partial charge in [0.25, 0.3) is 0 Å². The second-order valence-electron chi connectivity index (χ2n) is 3.97. The van der Waals surface area contributed by atoms with Gasteiger partial charge in [-0.25, -0.2) is 0 Å². The zero-order valence-electron chi connectivity index (χ0n) is 9.58. The molecule has 0 bridgehead atoms. The number of aliphatic hydroxyl groups excluding tert-OH is 1. The Hall–Kier alpha value is -1.15. The molecule has 0 saturated heterocycles. The highest BCUT2D eigenvalue weighted by molar-refractivity contribution is 5.99. The number of aliphatic hydroxyl groups is 1. The van der Waals surface area contributed by atoms with Crippen LogP contribution in [0.4, 0.5) is 0 Å². The molecule has 0 aliphatic heterocycles. The van der Waals surface area contributed by atoms with Gasteiger partial charge < -0.3 is 5.11 Å². The number of hydrogen-bond donors (Lipinski definition) is 1. The molecule has 0 spiro atoms. The summed E-state index contributed by atoms with van der Waals surface area (Å²) in [6.07, 6.45) is 0.683. The lowest BCUT2D eigenvalue weighted by molar-refractivity contribution is 0.0855. The highest BCUT2D eigenvalue weighted by atomic mass is 16.3. The van der Waals surface area contributed by atoms with E-state index >= 15 is 0 Å². The van der Waals surface area contributed by atoms with Crippen LogP contribution in [0.5, 0.6) is 0 Å². The molecule has 1 unspecified atom stereocenters. The summed E-state index contributed by atoms with van der Waals surface area (Å²) < 4.78 is 0. The fraction of sp³-hybridized carbons (Fsp3) is 0.462. The van der Waals surface area contributed by atoms with E-state index in [4.69, 9.17) is 5.11 Å². The van der Waals surface area contributed by atoms with Gasteiger partial charge in [0, 0.05) is 11.5 Å². The standard InChI is InChI=1S/C13H18O2/c1-4-11(8-14)13(15)12-7-9(2)5-6-10(12)3/h5-7,11,14H,4,8H2,1-3H3. The number of Topliss-reactive ketones (excluding diaryl/α,β-unsaturated/α-hetero) is 1. The molecular formula is C13H18O2. The van der Waals surface area contributed by atoms with Gasteiger partial charge in [0.1, 0.15) is 0 Å². The molecule has 0 saturated carbocycles. The number of hydrogen-bond acceptors (Lipinski definition) is 2. The second-order valence-corrected chi connectivity index (χ2v) is 3.97. The maximum Gasteiger partial charge on any atom is 0.168 e. The first-order valence-electron chi connectivity index (χ1n) is 5.32. The summed E-state index contributed by atoms with van der Waals surface area (Å²) >= 11 is 0. The van der Waals surface area contributed by atoms with Crippen molar-refractivity contribution in [3.05, 3.63) is 34.9 Å². The van der Waals surface area contributed by atoms with Crippen LogP contribution in [0.1, 0.15) is 34.8 Å². The lowest BCUT2D eigenvalue weighted by atomic mass is 9.92. The maximum absolute atomic E-state index is 12.0. The molecule has 1 atom stereocenters. The summed E-state index contributed by atoms with van der Waals surface area (Å²) in [5.41, 5.74) is 2.81. The highest BCUT2D eigenvalue weighted by Gasteiger charge is 2.18. The fourth-order valence-corrected chi connectivity index (χ4v) is 1.62. The zero-order valence-corrected chi connectivity index (χ0v) is 9.58. The molecule has 0 aliphatic carbocycles. The molecule has 2 heteroatoms. The van der Waals surface area contributed by atoms with Crippen LogP contribution in [0.25, 0.3) is 0 Å². The van der Waals surface area contributed by atoms with Gasteiger partial charge >= 0.3 is 0 Å². The quantitative estimate of drug-likeness (QED) is 0.768. The second kappa shape index (κ2) is 5.08. The van der Waals surface area contributed by atoms with Crippen LogP contribution >= 0.6 is 0 Å². The van der Waals surface area contributed by atoms with Crippen molar-refractivity contribution >= 4 is 5.78 Å². The Balaban J connectivity index is 3.04. The minimum Gasteiger partial charge on any atom is -0.396 e. The van der Waals surface area contributed by atoms with Gasteiger partial charge in [-0.3, -0.25) is 4.79 Å². The van der Waals surface area contributed by atoms with E-state index in [9.17, 15) is 4.79 Å². The van der Waals surface area contributed by atoms with Gasteiger partial charge in [0.05, 0.1) is 6.61 Å². The lowest BCUT2D eigenvalue weighted by Gasteiger charge is -2.12. The van der Waals surface area contributed by atoms with E-state index in [0.717, 1.165) is 16.7 Å². The number of benzene rings is 1. The Labute approximate surface area is 90.9 Å². The van der Waals surface area contributed by atoms with Crippen LogP contribution in [-0.2, 0) is 0 Å². The van der Waals surface area contributed by atoms with Crippen molar-refractivity contribution < 1.29 is 9.90 Å². The SMILES string of the molecule is CCC(CO)C(=O)c1cc(C)ccc1C. The molecule has 15 heavy (non-hydrogen) atoms. The molecule has 1 aromatic rings. The Morgan fingerprint density at radius 1 is 1.40 bits per heavy atom. The highest BCUT2D eigenvalue weighted by Crippen LogP contribution is 2.17. The Morgan fingerprint density at radius 2 is 2.07 bits per heavy atom. The van der Waals surface area contributed by atoms with Crippen molar-refractivity contribution in [1.82, 2.24) is 0 Å². The average molecular weight is 206 g/mol. The fourth-order valence-electron chi connectivity index (χ4n) is 1.62. The number of carbonyl (C=O) groups excluding carboxylic acids is 1. The molecule has 0 heterocycles. The Kier molecular flexibility index (Phi) is 4.04. The minimum absolute atomic E-state index is 0.0567. The molecule has 1 rings (SSSR count). The van der Waals surface area contributed by atoms with Crippen molar-refractivity contribution in [3.63, 3.8) is 0 Å². The number of aryl methyl sites for hydroxylation is 2. The number of carbonyl (C=O) groups is 1. The number of ketones is 1. The van der Waals surface area contributed by atoms with Crippen LogP contribution in [-0.4, -0.2) is 17.5 Å². The van der Waals surface area contributed by atoms with E-state index in [1.54, 1.807) is 0 Å². The van der Waals surface area contributed by atoms with Crippen molar-refractivity contribution in [3.8, 4) is 0 Å². The molecular weight excluding hydrogens is 188 g/mol.